The maximum atomic E-state index is 5.51. The first-order valence-electron chi connectivity index (χ1n) is 8.94. The molecule has 2 rings (SSSR count). The molecule has 3 nitrogen and oxygen atoms in total. The minimum Gasteiger partial charge on any atom is -0.370 e. The zero-order valence-corrected chi connectivity index (χ0v) is 15.2. The fourth-order valence-electron chi connectivity index (χ4n) is 5.36. The Morgan fingerprint density at radius 3 is 2.59 bits per heavy atom. The maximum Gasteiger partial charge on any atom is 0.186 e. The van der Waals surface area contributed by atoms with Gasteiger partial charge in [-0.3, -0.25) is 4.99 Å². The Hall–Kier alpha value is -0.990. The van der Waals surface area contributed by atoms with Gasteiger partial charge in [-0.15, -0.1) is 0 Å². The summed E-state index contributed by atoms with van der Waals surface area (Å²) in [7, 11) is 0. The topological polar surface area (TPSA) is 64.4 Å². The van der Waals surface area contributed by atoms with Gasteiger partial charge in [0.2, 0.25) is 0 Å². The van der Waals surface area contributed by atoms with Crippen molar-refractivity contribution in [3.05, 3.63) is 11.1 Å². The first kappa shape index (κ1) is 17.4. The lowest BCUT2D eigenvalue weighted by Crippen LogP contribution is -2.45. The van der Waals surface area contributed by atoms with E-state index < -0.39 is 0 Å². The molecule has 0 aliphatic heterocycles. The van der Waals surface area contributed by atoms with Gasteiger partial charge in [-0.2, -0.15) is 0 Å². The third kappa shape index (κ3) is 3.33. The van der Waals surface area contributed by atoms with Crippen LogP contribution in [-0.4, -0.2) is 12.0 Å². The van der Waals surface area contributed by atoms with Crippen molar-refractivity contribution in [2.75, 3.05) is 0 Å². The van der Waals surface area contributed by atoms with Gasteiger partial charge in [0.15, 0.2) is 5.96 Å². The molecule has 1 fully saturated rings. The van der Waals surface area contributed by atoms with Crippen LogP contribution in [0.4, 0.5) is 0 Å². The SMILES string of the molecule is CC1=C(CCC(C)N=C(N)N)[C@@]2(C)CCCC(C)(C)[C@@H]2CC1. The first-order valence-corrected chi connectivity index (χ1v) is 8.94. The summed E-state index contributed by atoms with van der Waals surface area (Å²) in [4.78, 5) is 4.29. The average molecular weight is 306 g/mol. The third-order valence-corrected chi connectivity index (χ3v) is 6.42. The molecule has 22 heavy (non-hydrogen) atoms. The number of guanidine groups is 1. The number of allylic oxidation sites excluding steroid dienone is 2. The molecule has 0 amide bonds. The molecule has 1 saturated carbocycles. The Kier molecular flexibility index (Phi) is 4.93. The van der Waals surface area contributed by atoms with Crippen LogP contribution in [0.25, 0.3) is 0 Å². The van der Waals surface area contributed by atoms with Crippen molar-refractivity contribution in [1.29, 1.82) is 0 Å². The predicted molar refractivity (Wildman–Crippen MR) is 95.7 cm³/mol. The van der Waals surface area contributed by atoms with E-state index in [9.17, 15) is 0 Å². The number of hydrogen-bond acceptors (Lipinski definition) is 1. The molecule has 0 aromatic heterocycles. The van der Waals surface area contributed by atoms with E-state index in [1.165, 1.54) is 32.1 Å². The van der Waals surface area contributed by atoms with Crippen molar-refractivity contribution in [1.82, 2.24) is 0 Å². The summed E-state index contributed by atoms with van der Waals surface area (Å²) in [6.07, 6.45) is 8.92. The van der Waals surface area contributed by atoms with Crippen molar-refractivity contribution in [3.63, 3.8) is 0 Å². The Balaban J connectivity index is 2.19. The zero-order chi connectivity index (χ0) is 16.5. The molecule has 2 aliphatic carbocycles. The summed E-state index contributed by atoms with van der Waals surface area (Å²) in [6, 6.07) is 0.214. The summed E-state index contributed by atoms with van der Waals surface area (Å²) >= 11 is 0. The average Bonchev–Trinajstić information content (AvgIpc) is 2.35. The van der Waals surface area contributed by atoms with Crippen LogP contribution in [0, 0.1) is 16.7 Å². The predicted octanol–water partition coefficient (Wildman–Crippen LogP) is 4.37. The Morgan fingerprint density at radius 2 is 1.95 bits per heavy atom. The van der Waals surface area contributed by atoms with Crippen molar-refractivity contribution in [3.8, 4) is 0 Å². The monoisotopic (exact) mass is 305 g/mol. The normalized spacial score (nSPS) is 32.3. The lowest BCUT2D eigenvalue weighted by Gasteiger charge is -2.55. The number of hydrogen-bond donors (Lipinski definition) is 2. The van der Waals surface area contributed by atoms with Crippen molar-refractivity contribution < 1.29 is 0 Å². The highest BCUT2D eigenvalue weighted by Gasteiger charge is 2.49. The van der Waals surface area contributed by atoms with Crippen LogP contribution in [0.3, 0.4) is 0 Å². The Bertz CT molecular complexity index is 471. The molecule has 0 saturated heterocycles. The molecule has 0 aromatic rings. The summed E-state index contributed by atoms with van der Waals surface area (Å²) in [6.45, 7) is 12.0. The van der Waals surface area contributed by atoms with Crippen LogP contribution >= 0.6 is 0 Å². The molecule has 126 valence electrons. The van der Waals surface area contributed by atoms with Crippen LogP contribution in [0.15, 0.2) is 16.1 Å². The summed E-state index contributed by atoms with van der Waals surface area (Å²) in [5, 5.41) is 0. The highest BCUT2D eigenvalue weighted by molar-refractivity contribution is 5.75. The molecule has 1 unspecified atom stereocenters. The molecular weight excluding hydrogens is 270 g/mol. The number of nitrogens with two attached hydrogens (primary N) is 2. The van der Waals surface area contributed by atoms with Crippen molar-refractivity contribution in [2.45, 2.75) is 85.6 Å². The van der Waals surface area contributed by atoms with Gasteiger partial charge < -0.3 is 11.5 Å². The highest BCUT2D eigenvalue weighted by Crippen LogP contribution is 2.60. The molecule has 0 spiro atoms. The van der Waals surface area contributed by atoms with Gasteiger partial charge in [0, 0.05) is 0 Å². The van der Waals surface area contributed by atoms with E-state index in [1.807, 2.05) is 0 Å². The van der Waals surface area contributed by atoms with Crippen molar-refractivity contribution >= 4 is 5.96 Å². The summed E-state index contributed by atoms with van der Waals surface area (Å²) in [5.41, 5.74) is 15.2. The maximum absolute atomic E-state index is 5.51. The van der Waals surface area contributed by atoms with E-state index >= 15 is 0 Å². The largest absolute Gasteiger partial charge is 0.370 e. The minimum absolute atomic E-state index is 0.213. The lowest BCUT2D eigenvalue weighted by molar-refractivity contribution is 0.0102. The fourth-order valence-corrected chi connectivity index (χ4v) is 5.36. The number of rotatable bonds is 4. The second-order valence-electron chi connectivity index (χ2n) is 8.55. The quantitative estimate of drug-likeness (QED) is 0.460. The molecule has 0 radical (unpaired) electrons. The molecule has 3 atom stereocenters. The van der Waals surface area contributed by atoms with Gasteiger partial charge in [-0.25, -0.2) is 0 Å². The van der Waals surface area contributed by atoms with Gasteiger partial charge in [0.05, 0.1) is 6.04 Å². The molecule has 2 aliphatic rings. The molecular formula is C19H35N3. The highest BCUT2D eigenvalue weighted by atomic mass is 15.0. The second-order valence-corrected chi connectivity index (χ2v) is 8.55. The van der Waals surface area contributed by atoms with Crippen LogP contribution in [-0.2, 0) is 0 Å². The van der Waals surface area contributed by atoms with Gasteiger partial charge in [0.1, 0.15) is 0 Å². The summed E-state index contributed by atoms with van der Waals surface area (Å²) < 4.78 is 0. The minimum atomic E-state index is 0.213. The van der Waals surface area contributed by atoms with Gasteiger partial charge in [0.25, 0.3) is 0 Å². The molecule has 0 heterocycles. The number of fused-ring (bicyclic) bond motifs is 1. The van der Waals surface area contributed by atoms with E-state index in [-0.39, 0.29) is 12.0 Å². The first-order chi connectivity index (χ1) is 10.2. The second kappa shape index (κ2) is 6.25. The fraction of sp³-hybridized carbons (Fsp3) is 0.842. The van der Waals surface area contributed by atoms with Crippen LogP contribution in [0.2, 0.25) is 0 Å². The third-order valence-electron chi connectivity index (χ3n) is 6.42. The van der Waals surface area contributed by atoms with Gasteiger partial charge in [-0.05, 0) is 69.1 Å². The lowest BCUT2D eigenvalue weighted by atomic mass is 9.50. The smallest absolute Gasteiger partial charge is 0.186 e. The van der Waals surface area contributed by atoms with E-state index in [2.05, 4.69) is 39.6 Å². The standard InChI is InChI=1S/C19H35N3/c1-13-7-10-16-18(3,4)11-6-12-19(16,5)15(13)9-8-14(2)22-17(20)21/h14,16H,6-12H2,1-5H3,(H4,20,21,22)/t14?,16-,19+/m0/s1. The Labute approximate surface area is 136 Å². The van der Waals surface area contributed by atoms with Gasteiger partial charge in [-0.1, -0.05) is 38.3 Å². The van der Waals surface area contributed by atoms with E-state index in [0.29, 0.717) is 10.8 Å². The molecule has 4 N–H and O–H groups in total. The number of nitrogens with zero attached hydrogens (tertiary/aromatic N) is 1. The van der Waals surface area contributed by atoms with E-state index in [1.54, 1.807) is 11.1 Å². The van der Waals surface area contributed by atoms with E-state index in [0.717, 1.165) is 18.8 Å². The Morgan fingerprint density at radius 1 is 1.27 bits per heavy atom. The van der Waals surface area contributed by atoms with E-state index in [4.69, 9.17) is 11.5 Å². The zero-order valence-electron chi connectivity index (χ0n) is 15.2. The van der Waals surface area contributed by atoms with Crippen molar-refractivity contribution in [2.24, 2.45) is 33.2 Å². The molecule has 0 bridgehead atoms. The number of aliphatic imine (C=N–C) groups is 1. The van der Waals surface area contributed by atoms with Gasteiger partial charge >= 0.3 is 0 Å². The summed E-state index contributed by atoms with van der Waals surface area (Å²) in [5.74, 6) is 1.04. The van der Waals surface area contributed by atoms with Crippen LogP contribution in [0.1, 0.15) is 79.6 Å². The molecule has 3 heteroatoms. The molecule has 0 aromatic carbocycles. The van der Waals surface area contributed by atoms with Crippen LogP contribution < -0.4 is 11.5 Å². The van der Waals surface area contributed by atoms with Crippen LogP contribution in [0.5, 0.6) is 0 Å².